The van der Waals surface area contributed by atoms with Crippen LogP contribution in [0.1, 0.15) is 5.56 Å². The van der Waals surface area contributed by atoms with Gasteiger partial charge in [0, 0.05) is 0 Å². The molecule has 4 nitrogen and oxygen atoms in total. The summed E-state index contributed by atoms with van der Waals surface area (Å²) in [4.78, 5) is 9.56. The van der Waals surface area contributed by atoms with Crippen LogP contribution in [0.5, 0.6) is 5.75 Å². The largest absolute Gasteiger partial charge is 0.501 e. The Labute approximate surface area is 93.0 Å². The van der Waals surface area contributed by atoms with E-state index in [1.165, 1.54) is 0 Å². The maximum absolute atomic E-state index is 12.9. The molecule has 1 rings (SSSR count). The molecule has 0 heterocycles. The van der Waals surface area contributed by atoms with Crippen molar-refractivity contribution < 1.29 is 14.4 Å². The monoisotopic (exact) mass is 273 g/mol. The van der Waals surface area contributed by atoms with E-state index < -0.39 is 22.2 Å². The van der Waals surface area contributed by atoms with Gasteiger partial charge in [-0.25, -0.2) is 4.39 Å². The van der Waals surface area contributed by atoms with Crippen molar-refractivity contribution in [1.29, 1.82) is 0 Å². The first kappa shape index (κ1) is 11.5. The highest BCUT2D eigenvalue weighted by Gasteiger charge is 2.18. The molecule has 0 amide bonds. The molecule has 0 aliphatic heterocycles. The Morgan fingerprint density at radius 3 is 2.80 bits per heavy atom. The van der Waals surface area contributed by atoms with E-state index >= 15 is 0 Å². The molecule has 0 saturated carbocycles. The van der Waals surface area contributed by atoms with E-state index in [-0.39, 0.29) is 5.56 Å². The minimum atomic E-state index is -0.863. The summed E-state index contributed by atoms with van der Waals surface area (Å²) in [7, 11) is 0. The third-order valence-corrected chi connectivity index (χ3v) is 1.82. The molecule has 0 bridgehead atoms. The number of alkyl halides is 1. The maximum atomic E-state index is 12.9. The first-order valence-corrected chi connectivity index (χ1v) is 4.90. The molecular formula is C9H5BrFNO3. The summed E-state index contributed by atoms with van der Waals surface area (Å²) < 4.78 is 12.9. The van der Waals surface area contributed by atoms with Crippen LogP contribution in [0.25, 0.3) is 0 Å². The fraction of sp³-hybridized carbons (Fsp3) is 0.111. The Bertz CT molecular complexity index is 464. The van der Waals surface area contributed by atoms with Crippen molar-refractivity contribution in [2.75, 3.05) is 5.33 Å². The van der Waals surface area contributed by atoms with Gasteiger partial charge >= 0.3 is 5.69 Å². The van der Waals surface area contributed by atoms with Crippen LogP contribution in [-0.2, 0) is 0 Å². The van der Waals surface area contributed by atoms with Crippen molar-refractivity contribution in [2.24, 2.45) is 0 Å². The highest BCUT2D eigenvalue weighted by molar-refractivity contribution is 9.09. The zero-order valence-electron chi connectivity index (χ0n) is 7.33. The Hall–Kier alpha value is -1.61. The third kappa shape index (κ3) is 2.67. The van der Waals surface area contributed by atoms with E-state index in [4.69, 9.17) is 0 Å². The first-order valence-electron chi connectivity index (χ1n) is 3.78. The van der Waals surface area contributed by atoms with E-state index in [9.17, 15) is 19.6 Å². The van der Waals surface area contributed by atoms with Gasteiger partial charge in [-0.05, 0) is 6.07 Å². The number of phenolic OH excluding ortho intramolecular Hbond substituents is 1. The van der Waals surface area contributed by atoms with E-state index in [0.29, 0.717) is 11.4 Å². The summed E-state index contributed by atoms with van der Waals surface area (Å²) in [6, 6.07) is 1.59. The SMILES string of the molecule is O=[N+]([O-])c1cc(F)cc(C#CCBr)c1O. The maximum Gasteiger partial charge on any atom is 0.314 e. The Kier molecular flexibility index (Phi) is 3.63. The molecule has 0 unspecified atom stereocenters. The molecule has 0 saturated heterocycles. The predicted molar refractivity (Wildman–Crippen MR) is 55.4 cm³/mol. The fourth-order valence-corrected chi connectivity index (χ4v) is 1.09. The average Bonchev–Trinajstić information content (AvgIpc) is 2.18. The van der Waals surface area contributed by atoms with Gasteiger partial charge in [-0.3, -0.25) is 10.1 Å². The van der Waals surface area contributed by atoms with Crippen LogP contribution in [0.2, 0.25) is 0 Å². The van der Waals surface area contributed by atoms with Crippen molar-refractivity contribution in [1.82, 2.24) is 0 Å². The minimum absolute atomic E-state index is 0.0962. The average molecular weight is 274 g/mol. The van der Waals surface area contributed by atoms with Crippen LogP contribution in [-0.4, -0.2) is 15.4 Å². The number of halogens is 2. The first-order chi connectivity index (χ1) is 7.06. The summed E-state index contributed by atoms with van der Waals surface area (Å²) >= 11 is 3.01. The van der Waals surface area contributed by atoms with E-state index in [0.717, 1.165) is 6.07 Å². The van der Waals surface area contributed by atoms with Gasteiger partial charge in [0.05, 0.1) is 21.9 Å². The lowest BCUT2D eigenvalue weighted by Gasteiger charge is -1.98. The molecule has 6 heteroatoms. The van der Waals surface area contributed by atoms with Crippen LogP contribution in [0.15, 0.2) is 12.1 Å². The van der Waals surface area contributed by atoms with Gasteiger partial charge in [-0.2, -0.15) is 0 Å². The van der Waals surface area contributed by atoms with Crippen molar-refractivity contribution in [3.05, 3.63) is 33.6 Å². The molecule has 0 atom stereocenters. The number of nitro benzene ring substituents is 1. The number of benzene rings is 1. The number of hydrogen-bond donors (Lipinski definition) is 1. The van der Waals surface area contributed by atoms with Gasteiger partial charge in [0.15, 0.2) is 0 Å². The van der Waals surface area contributed by atoms with Crippen LogP contribution in [0, 0.1) is 27.8 Å². The molecule has 0 fully saturated rings. The second kappa shape index (κ2) is 4.75. The molecule has 1 aromatic carbocycles. The predicted octanol–water partition coefficient (Wildman–Crippen LogP) is 2.19. The second-order valence-electron chi connectivity index (χ2n) is 2.51. The van der Waals surface area contributed by atoms with Gasteiger partial charge < -0.3 is 5.11 Å². The van der Waals surface area contributed by atoms with Crippen LogP contribution in [0.3, 0.4) is 0 Å². The van der Waals surface area contributed by atoms with Crippen molar-refractivity contribution >= 4 is 21.6 Å². The molecular weight excluding hydrogens is 269 g/mol. The summed E-state index contributed by atoms with van der Waals surface area (Å²) in [5.41, 5.74) is -0.782. The smallest absolute Gasteiger partial charge is 0.314 e. The lowest BCUT2D eigenvalue weighted by Crippen LogP contribution is -1.92. The molecule has 0 radical (unpaired) electrons. The second-order valence-corrected chi connectivity index (χ2v) is 3.07. The molecule has 15 heavy (non-hydrogen) atoms. The van der Waals surface area contributed by atoms with Crippen LogP contribution >= 0.6 is 15.9 Å². The van der Waals surface area contributed by atoms with Gasteiger partial charge in [-0.15, -0.1) is 0 Å². The number of nitrogens with zero attached hydrogens (tertiary/aromatic N) is 1. The topological polar surface area (TPSA) is 63.4 Å². The number of hydrogen-bond acceptors (Lipinski definition) is 3. The summed E-state index contributed by atoms with van der Waals surface area (Å²) in [5.74, 6) is 3.50. The Balaban J connectivity index is 3.34. The number of phenols is 1. The number of aromatic hydroxyl groups is 1. The lowest BCUT2D eigenvalue weighted by atomic mass is 10.1. The molecule has 1 aromatic rings. The standard InChI is InChI=1S/C9H5BrFNO3/c10-3-1-2-6-4-7(11)5-8(9(6)13)12(14)15/h4-5,13H,3H2. The van der Waals surface area contributed by atoms with Crippen LogP contribution in [0.4, 0.5) is 10.1 Å². The molecule has 0 aliphatic rings. The Morgan fingerprint density at radius 1 is 1.60 bits per heavy atom. The third-order valence-electron chi connectivity index (χ3n) is 1.54. The summed E-state index contributed by atoms with van der Waals surface area (Å²) in [5, 5.41) is 20.1. The zero-order chi connectivity index (χ0) is 11.4. The van der Waals surface area contributed by atoms with Crippen molar-refractivity contribution in [3.63, 3.8) is 0 Å². The number of rotatable bonds is 1. The van der Waals surface area contributed by atoms with Gasteiger partial charge in [0.2, 0.25) is 5.75 Å². The molecule has 78 valence electrons. The quantitative estimate of drug-likeness (QED) is 0.369. The van der Waals surface area contributed by atoms with Crippen LogP contribution < -0.4 is 0 Å². The lowest BCUT2D eigenvalue weighted by molar-refractivity contribution is -0.386. The van der Waals surface area contributed by atoms with Crippen molar-refractivity contribution in [2.45, 2.75) is 0 Å². The molecule has 0 spiro atoms. The van der Waals surface area contributed by atoms with Gasteiger partial charge in [-0.1, -0.05) is 27.8 Å². The normalized spacial score (nSPS) is 9.20. The Morgan fingerprint density at radius 2 is 2.27 bits per heavy atom. The zero-order valence-corrected chi connectivity index (χ0v) is 8.91. The van der Waals surface area contributed by atoms with E-state index in [1.54, 1.807) is 0 Å². The van der Waals surface area contributed by atoms with Crippen molar-refractivity contribution in [3.8, 4) is 17.6 Å². The summed E-state index contributed by atoms with van der Waals surface area (Å²) in [6.45, 7) is 0. The van der Waals surface area contributed by atoms with E-state index in [1.807, 2.05) is 0 Å². The number of nitro groups is 1. The van der Waals surface area contributed by atoms with Gasteiger partial charge in [0.1, 0.15) is 5.82 Å². The van der Waals surface area contributed by atoms with Gasteiger partial charge in [0.25, 0.3) is 0 Å². The molecule has 1 N–H and O–H groups in total. The summed E-state index contributed by atoms with van der Waals surface area (Å²) in [6.07, 6.45) is 0. The molecule has 0 aliphatic carbocycles. The van der Waals surface area contributed by atoms with E-state index in [2.05, 4.69) is 27.8 Å². The molecule has 0 aromatic heterocycles. The minimum Gasteiger partial charge on any atom is -0.501 e. The fourth-order valence-electron chi connectivity index (χ4n) is 0.948. The highest BCUT2D eigenvalue weighted by Crippen LogP contribution is 2.30. The highest BCUT2D eigenvalue weighted by atomic mass is 79.9.